The monoisotopic (exact) mass is 373 g/mol. The van der Waals surface area contributed by atoms with E-state index in [9.17, 15) is 4.79 Å². The number of ether oxygens (including phenoxy) is 2. The number of hydrogen-bond donors (Lipinski definition) is 1. The summed E-state index contributed by atoms with van der Waals surface area (Å²) in [6.07, 6.45) is 1.53. The van der Waals surface area contributed by atoms with Crippen molar-refractivity contribution in [1.82, 2.24) is 15.5 Å². The summed E-state index contributed by atoms with van der Waals surface area (Å²) in [4.78, 5) is 12.3. The number of aromatic nitrogens is 2. The van der Waals surface area contributed by atoms with Crippen LogP contribution in [0.1, 0.15) is 12.5 Å². The van der Waals surface area contributed by atoms with E-state index >= 15 is 0 Å². The highest BCUT2D eigenvalue weighted by molar-refractivity contribution is 8.00. The highest BCUT2D eigenvalue weighted by atomic mass is 32.2. The Morgan fingerprint density at radius 1 is 1.27 bits per heavy atom. The summed E-state index contributed by atoms with van der Waals surface area (Å²) in [5.74, 6) is 2.04. The molecule has 1 atom stereocenters. The second-order valence-corrected chi connectivity index (χ2v) is 6.81. The quantitative estimate of drug-likeness (QED) is 0.659. The van der Waals surface area contributed by atoms with Crippen molar-refractivity contribution in [2.45, 2.75) is 23.9 Å². The zero-order valence-electron chi connectivity index (χ0n) is 13.8. The molecule has 8 nitrogen and oxygen atoms in total. The predicted molar refractivity (Wildman–Crippen MR) is 91.7 cm³/mol. The third-order valence-corrected chi connectivity index (χ3v) is 4.62. The molecular formula is C17H15N3O5S. The Bertz CT molecular complexity index is 909. The average molecular weight is 373 g/mol. The molecule has 1 aromatic carbocycles. The van der Waals surface area contributed by atoms with Crippen LogP contribution >= 0.6 is 11.8 Å². The van der Waals surface area contributed by atoms with Crippen LogP contribution in [0.4, 0.5) is 0 Å². The van der Waals surface area contributed by atoms with Crippen LogP contribution < -0.4 is 14.8 Å². The van der Waals surface area contributed by atoms with Crippen LogP contribution in [-0.2, 0) is 11.3 Å². The van der Waals surface area contributed by atoms with Gasteiger partial charge in [-0.2, -0.15) is 0 Å². The Kier molecular flexibility index (Phi) is 4.53. The van der Waals surface area contributed by atoms with Crippen LogP contribution in [0.25, 0.3) is 11.7 Å². The summed E-state index contributed by atoms with van der Waals surface area (Å²) in [5, 5.41) is 10.6. The van der Waals surface area contributed by atoms with Crippen molar-refractivity contribution in [3.8, 4) is 23.1 Å². The molecule has 26 heavy (non-hydrogen) atoms. The van der Waals surface area contributed by atoms with Gasteiger partial charge < -0.3 is 23.6 Å². The number of nitrogens with zero attached hydrogens (tertiary/aromatic N) is 2. The third kappa shape index (κ3) is 3.52. The number of carbonyl (C=O) groups excluding carboxylic acids is 1. The maximum atomic E-state index is 12.3. The van der Waals surface area contributed by atoms with Crippen molar-refractivity contribution < 1.29 is 23.1 Å². The van der Waals surface area contributed by atoms with E-state index in [1.807, 2.05) is 18.2 Å². The van der Waals surface area contributed by atoms with E-state index in [4.69, 9.17) is 18.3 Å². The zero-order chi connectivity index (χ0) is 17.9. The van der Waals surface area contributed by atoms with Crippen LogP contribution in [0.15, 0.2) is 50.7 Å². The molecule has 1 aliphatic rings. The van der Waals surface area contributed by atoms with Crippen LogP contribution in [-0.4, -0.2) is 28.1 Å². The summed E-state index contributed by atoms with van der Waals surface area (Å²) >= 11 is 1.19. The van der Waals surface area contributed by atoms with Crippen molar-refractivity contribution in [2.75, 3.05) is 6.79 Å². The van der Waals surface area contributed by atoms with Crippen LogP contribution in [0.5, 0.6) is 11.5 Å². The number of hydrogen-bond acceptors (Lipinski definition) is 8. The summed E-state index contributed by atoms with van der Waals surface area (Å²) in [5.41, 5.74) is 0.928. The molecular weight excluding hydrogens is 358 g/mol. The van der Waals surface area contributed by atoms with Gasteiger partial charge in [-0.25, -0.2) is 0 Å². The molecule has 1 amide bonds. The second-order valence-electron chi connectivity index (χ2n) is 5.52. The van der Waals surface area contributed by atoms with Gasteiger partial charge in [0.25, 0.3) is 11.1 Å². The Morgan fingerprint density at radius 2 is 2.15 bits per heavy atom. The molecule has 0 bridgehead atoms. The molecule has 0 radical (unpaired) electrons. The molecule has 3 aromatic rings. The lowest BCUT2D eigenvalue weighted by Crippen LogP contribution is -2.30. The summed E-state index contributed by atoms with van der Waals surface area (Å²) in [6.45, 7) is 2.39. The van der Waals surface area contributed by atoms with E-state index in [1.54, 1.807) is 19.1 Å². The fourth-order valence-electron chi connectivity index (χ4n) is 2.35. The molecule has 0 unspecified atom stereocenters. The maximum Gasteiger partial charge on any atom is 0.284 e. The minimum absolute atomic E-state index is 0.134. The van der Waals surface area contributed by atoms with Gasteiger partial charge in [-0.3, -0.25) is 4.79 Å². The van der Waals surface area contributed by atoms with Crippen LogP contribution in [0, 0.1) is 0 Å². The number of nitrogens with one attached hydrogen (secondary N) is 1. The van der Waals surface area contributed by atoms with Crippen molar-refractivity contribution in [3.63, 3.8) is 0 Å². The van der Waals surface area contributed by atoms with Crippen molar-refractivity contribution >= 4 is 17.7 Å². The number of fused-ring (bicyclic) bond motifs is 1. The largest absolute Gasteiger partial charge is 0.459 e. The molecule has 134 valence electrons. The molecule has 1 aliphatic heterocycles. The lowest BCUT2D eigenvalue weighted by atomic mass is 10.2. The number of thioether (sulfide) groups is 1. The number of carbonyl (C=O) groups is 1. The van der Waals surface area contributed by atoms with Gasteiger partial charge in [0.05, 0.1) is 11.5 Å². The Balaban J connectivity index is 1.32. The standard InChI is InChI=1S/C17H15N3O5S/c1-10(26-17-20-19-16(25-17)13-3-2-6-22-13)15(21)18-8-11-4-5-12-14(7-11)24-9-23-12/h2-7,10H,8-9H2,1H3,(H,18,21)/t10-/m1/s1. The Labute approximate surface area is 152 Å². The van der Waals surface area contributed by atoms with Crippen LogP contribution in [0.2, 0.25) is 0 Å². The van der Waals surface area contributed by atoms with Gasteiger partial charge in [-0.05, 0) is 36.8 Å². The maximum absolute atomic E-state index is 12.3. The second kappa shape index (κ2) is 7.12. The Morgan fingerprint density at radius 3 is 3.00 bits per heavy atom. The molecule has 9 heteroatoms. The van der Waals surface area contributed by atoms with Gasteiger partial charge in [0.1, 0.15) is 0 Å². The SMILES string of the molecule is C[C@@H](Sc1nnc(-c2ccco2)o1)C(=O)NCc1ccc2c(c1)OCO2. The predicted octanol–water partition coefficient (Wildman–Crippen LogP) is 2.86. The molecule has 0 aliphatic carbocycles. The summed E-state index contributed by atoms with van der Waals surface area (Å²) in [6, 6.07) is 9.03. The third-order valence-electron chi connectivity index (χ3n) is 3.69. The average Bonchev–Trinajstić information content (AvgIpc) is 3.39. The molecule has 2 aromatic heterocycles. The molecule has 1 N–H and O–H groups in total. The summed E-state index contributed by atoms with van der Waals surface area (Å²) in [7, 11) is 0. The number of benzene rings is 1. The van der Waals surface area contributed by atoms with E-state index < -0.39 is 5.25 Å². The van der Waals surface area contributed by atoms with Gasteiger partial charge in [-0.15, -0.1) is 10.2 Å². The van der Waals surface area contributed by atoms with E-state index in [0.717, 1.165) is 5.56 Å². The fraction of sp³-hybridized carbons (Fsp3) is 0.235. The van der Waals surface area contributed by atoms with Crippen molar-refractivity contribution in [1.29, 1.82) is 0 Å². The van der Waals surface area contributed by atoms with Crippen molar-refractivity contribution in [2.24, 2.45) is 0 Å². The molecule has 0 fully saturated rings. The highest BCUT2D eigenvalue weighted by Gasteiger charge is 2.20. The number of rotatable bonds is 6. The van der Waals surface area contributed by atoms with Gasteiger partial charge in [-0.1, -0.05) is 17.8 Å². The van der Waals surface area contributed by atoms with Crippen molar-refractivity contribution in [3.05, 3.63) is 42.2 Å². The first-order valence-electron chi connectivity index (χ1n) is 7.89. The van der Waals surface area contributed by atoms with E-state index in [0.29, 0.717) is 29.0 Å². The first kappa shape index (κ1) is 16.5. The first-order chi connectivity index (χ1) is 12.7. The minimum atomic E-state index is -0.395. The van der Waals surface area contributed by atoms with Gasteiger partial charge in [0.15, 0.2) is 17.3 Å². The zero-order valence-corrected chi connectivity index (χ0v) is 14.6. The van der Waals surface area contributed by atoms with E-state index in [2.05, 4.69) is 15.5 Å². The minimum Gasteiger partial charge on any atom is -0.459 e. The molecule has 0 saturated heterocycles. The van der Waals surface area contributed by atoms with E-state index in [-0.39, 0.29) is 18.6 Å². The van der Waals surface area contributed by atoms with Gasteiger partial charge >= 0.3 is 0 Å². The topological polar surface area (TPSA) is 99.6 Å². The van der Waals surface area contributed by atoms with Crippen LogP contribution in [0.3, 0.4) is 0 Å². The molecule has 0 spiro atoms. The fourth-order valence-corrected chi connectivity index (χ4v) is 3.05. The Hall–Kier alpha value is -2.94. The smallest absolute Gasteiger partial charge is 0.284 e. The lowest BCUT2D eigenvalue weighted by Gasteiger charge is -2.10. The van der Waals surface area contributed by atoms with Gasteiger partial charge in [0.2, 0.25) is 12.7 Å². The normalized spacial score (nSPS) is 13.6. The first-order valence-corrected chi connectivity index (χ1v) is 8.77. The molecule has 3 heterocycles. The number of furan rings is 1. The molecule has 4 rings (SSSR count). The van der Waals surface area contributed by atoms with Gasteiger partial charge in [0, 0.05) is 6.54 Å². The van der Waals surface area contributed by atoms with E-state index in [1.165, 1.54) is 18.0 Å². The lowest BCUT2D eigenvalue weighted by molar-refractivity contribution is -0.120. The highest BCUT2D eigenvalue weighted by Crippen LogP contribution is 2.32. The molecule has 0 saturated carbocycles. The number of amides is 1. The summed E-state index contributed by atoms with van der Waals surface area (Å²) < 4.78 is 21.3.